The Balaban J connectivity index is 1.48. The third kappa shape index (κ3) is 7.10. The standard InChI is InChI=1S/C28H31IO5/c1-30-28-25(29)27(33-19-23-15-9-4-10-16-23)26(32-18-22-13-7-3-8-14-22)24(34-28)20-31-17-21-11-5-2-6-12-21/h2-16,24-28H,17-20H2,1H3/t24?,25?,26-,27?,28+/m1/s1. The lowest BCUT2D eigenvalue weighted by molar-refractivity contribution is -0.265. The molecule has 4 rings (SSSR count). The van der Waals surface area contributed by atoms with Gasteiger partial charge in [-0.3, -0.25) is 0 Å². The molecule has 6 heteroatoms. The van der Waals surface area contributed by atoms with Crippen LogP contribution in [0.3, 0.4) is 0 Å². The van der Waals surface area contributed by atoms with Crippen molar-refractivity contribution in [1.82, 2.24) is 0 Å². The van der Waals surface area contributed by atoms with Crippen molar-refractivity contribution in [3.05, 3.63) is 108 Å². The summed E-state index contributed by atoms with van der Waals surface area (Å²) in [6, 6.07) is 30.5. The third-order valence-corrected chi connectivity index (χ3v) is 7.07. The van der Waals surface area contributed by atoms with E-state index < -0.39 is 6.29 Å². The van der Waals surface area contributed by atoms with Gasteiger partial charge in [0, 0.05) is 7.11 Å². The number of halogens is 1. The monoisotopic (exact) mass is 574 g/mol. The van der Waals surface area contributed by atoms with Crippen LogP contribution < -0.4 is 0 Å². The lowest BCUT2D eigenvalue weighted by atomic mass is 10.0. The highest BCUT2D eigenvalue weighted by Crippen LogP contribution is 2.33. The molecule has 34 heavy (non-hydrogen) atoms. The van der Waals surface area contributed by atoms with E-state index in [0.29, 0.717) is 26.4 Å². The minimum Gasteiger partial charge on any atom is -0.374 e. The van der Waals surface area contributed by atoms with Crippen LogP contribution in [0.15, 0.2) is 91.0 Å². The summed E-state index contributed by atoms with van der Waals surface area (Å²) >= 11 is 2.35. The van der Waals surface area contributed by atoms with Crippen LogP contribution in [0.25, 0.3) is 0 Å². The van der Waals surface area contributed by atoms with E-state index in [2.05, 4.69) is 59.0 Å². The topological polar surface area (TPSA) is 46.2 Å². The molecular weight excluding hydrogens is 543 g/mol. The van der Waals surface area contributed by atoms with Crippen molar-refractivity contribution in [3.63, 3.8) is 0 Å². The van der Waals surface area contributed by atoms with Crippen LogP contribution in [0.5, 0.6) is 0 Å². The SMILES string of the molecule is CO[C@H]1OC(COCc2ccccc2)[C@@H](OCc2ccccc2)C(OCc2ccccc2)C1I. The quantitative estimate of drug-likeness (QED) is 0.222. The van der Waals surface area contributed by atoms with Gasteiger partial charge in [-0.05, 0) is 16.7 Å². The van der Waals surface area contributed by atoms with Crippen LogP contribution in [0.4, 0.5) is 0 Å². The molecule has 0 aliphatic carbocycles. The first-order valence-corrected chi connectivity index (χ1v) is 12.7. The number of hydrogen-bond acceptors (Lipinski definition) is 5. The molecule has 0 amide bonds. The van der Waals surface area contributed by atoms with Gasteiger partial charge in [0.05, 0.1) is 30.4 Å². The minimum atomic E-state index is -0.414. The maximum absolute atomic E-state index is 6.46. The molecule has 3 aromatic carbocycles. The van der Waals surface area contributed by atoms with Crippen molar-refractivity contribution in [2.75, 3.05) is 13.7 Å². The van der Waals surface area contributed by atoms with Gasteiger partial charge in [-0.15, -0.1) is 0 Å². The van der Waals surface area contributed by atoms with Gasteiger partial charge in [-0.1, -0.05) is 114 Å². The molecule has 1 aliphatic heterocycles. The Morgan fingerprint density at radius 2 is 1.15 bits per heavy atom. The van der Waals surface area contributed by atoms with Gasteiger partial charge in [0.25, 0.3) is 0 Å². The molecule has 180 valence electrons. The average Bonchev–Trinajstić information content (AvgIpc) is 2.89. The fourth-order valence-corrected chi connectivity index (χ4v) is 5.06. The highest BCUT2D eigenvalue weighted by atomic mass is 127. The summed E-state index contributed by atoms with van der Waals surface area (Å²) in [5.74, 6) is 0. The molecule has 3 aromatic rings. The molecule has 1 saturated heterocycles. The van der Waals surface area contributed by atoms with Gasteiger partial charge in [0.1, 0.15) is 18.3 Å². The maximum Gasteiger partial charge on any atom is 0.172 e. The average molecular weight is 574 g/mol. The van der Waals surface area contributed by atoms with Gasteiger partial charge in [-0.25, -0.2) is 0 Å². The Morgan fingerprint density at radius 3 is 1.65 bits per heavy atom. The van der Waals surface area contributed by atoms with E-state index in [1.54, 1.807) is 7.11 Å². The number of benzene rings is 3. The lowest BCUT2D eigenvalue weighted by Gasteiger charge is -2.44. The Morgan fingerprint density at radius 1 is 0.676 bits per heavy atom. The van der Waals surface area contributed by atoms with Crippen molar-refractivity contribution >= 4 is 22.6 Å². The second-order valence-corrected chi connectivity index (χ2v) is 9.68. The summed E-state index contributed by atoms with van der Waals surface area (Å²) in [4.78, 5) is 0. The summed E-state index contributed by atoms with van der Waals surface area (Å²) < 4.78 is 30.9. The van der Waals surface area contributed by atoms with Crippen LogP contribution in [-0.2, 0) is 43.5 Å². The molecule has 0 spiro atoms. The number of ether oxygens (including phenoxy) is 5. The largest absolute Gasteiger partial charge is 0.374 e. The molecule has 3 unspecified atom stereocenters. The first-order valence-electron chi connectivity index (χ1n) is 11.5. The minimum absolute atomic E-state index is 0.0440. The van der Waals surface area contributed by atoms with Gasteiger partial charge in [0.2, 0.25) is 0 Å². The zero-order valence-corrected chi connectivity index (χ0v) is 21.5. The number of rotatable bonds is 11. The third-order valence-electron chi connectivity index (χ3n) is 5.77. The predicted octanol–water partition coefficient (Wildman–Crippen LogP) is 5.55. The van der Waals surface area contributed by atoms with Crippen molar-refractivity contribution in [3.8, 4) is 0 Å². The number of hydrogen-bond donors (Lipinski definition) is 0. The molecule has 1 heterocycles. The van der Waals surface area contributed by atoms with Gasteiger partial charge >= 0.3 is 0 Å². The summed E-state index contributed by atoms with van der Waals surface area (Å²) in [6.45, 7) is 1.84. The Labute approximate surface area is 215 Å². The van der Waals surface area contributed by atoms with Crippen molar-refractivity contribution in [2.24, 2.45) is 0 Å². The summed E-state index contributed by atoms with van der Waals surface area (Å²) in [7, 11) is 1.66. The van der Waals surface area contributed by atoms with Crippen LogP contribution >= 0.6 is 22.6 Å². The first-order chi connectivity index (χ1) is 16.7. The highest BCUT2D eigenvalue weighted by molar-refractivity contribution is 14.1. The number of methoxy groups -OCH3 is 1. The van der Waals surface area contributed by atoms with Crippen LogP contribution in [0.1, 0.15) is 16.7 Å². The van der Waals surface area contributed by atoms with Crippen molar-refractivity contribution < 1.29 is 23.7 Å². The van der Waals surface area contributed by atoms with Gasteiger partial charge in [0.15, 0.2) is 6.29 Å². The highest BCUT2D eigenvalue weighted by Gasteiger charge is 2.46. The Hall–Kier alpha value is -1.81. The molecule has 5 nitrogen and oxygen atoms in total. The zero-order chi connectivity index (χ0) is 23.6. The fourth-order valence-electron chi connectivity index (χ4n) is 3.98. The van der Waals surface area contributed by atoms with Crippen LogP contribution in [-0.4, -0.2) is 42.2 Å². The molecule has 0 aromatic heterocycles. The lowest BCUT2D eigenvalue weighted by Crippen LogP contribution is -2.58. The Bertz CT molecular complexity index is 956. The van der Waals surface area contributed by atoms with E-state index in [4.69, 9.17) is 23.7 Å². The Kier molecular flexibility index (Phi) is 9.91. The van der Waals surface area contributed by atoms with Crippen molar-refractivity contribution in [1.29, 1.82) is 0 Å². The van der Waals surface area contributed by atoms with E-state index in [9.17, 15) is 0 Å². The molecule has 1 fully saturated rings. The van der Waals surface area contributed by atoms with Crippen molar-refractivity contribution in [2.45, 2.75) is 48.3 Å². The maximum atomic E-state index is 6.46. The van der Waals surface area contributed by atoms with E-state index in [1.807, 2.05) is 54.6 Å². The molecule has 5 atom stereocenters. The summed E-state index contributed by atoms with van der Waals surface area (Å²) in [5.41, 5.74) is 3.34. The van der Waals surface area contributed by atoms with Crippen LogP contribution in [0, 0.1) is 0 Å². The van der Waals surface area contributed by atoms with E-state index >= 15 is 0 Å². The first kappa shape index (κ1) is 25.3. The molecule has 0 radical (unpaired) electrons. The van der Waals surface area contributed by atoms with Gasteiger partial charge < -0.3 is 23.7 Å². The van der Waals surface area contributed by atoms with E-state index in [0.717, 1.165) is 16.7 Å². The van der Waals surface area contributed by atoms with E-state index in [-0.39, 0.29) is 22.2 Å². The normalized spacial score (nSPS) is 24.7. The smallest absolute Gasteiger partial charge is 0.172 e. The predicted molar refractivity (Wildman–Crippen MR) is 140 cm³/mol. The second kappa shape index (κ2) is 13.3. The fraction of sp³-hybridized carbons (Fsp3) is 0.357. The molecule has 0 bridgehead atoms. The molecule has 0 saturated carbocycles. The summed E-state index contributed by atoms with van der Waals surface area (Å²) in [6.07, 6.45) is -1.28. The van der Waals surface area contributed by atoms with Crippen LogP contribution in [0.2, 0.25) is 0 Å². The molecule has 0 N–H and O–H groups in total. The molecular formula is C28H31IO5. The van der Waals surface area contributed by atoms with E-state index in [1.165, 1.54) is 0 Å². The van der Waals surface area contributed by atoms with Gasteiger partial charge in [-0.2, -0.15) is 0 Å². The number of alkyl halides is 1. The summed E-state index contributed by atoms with van der Waals surface area (Å²) in [5, 5.41) is 0. The zero-order valence-electron chi connectivity index (χ0n) is 19.3. The molecule has 1 aliphatic rings. The second-order valence-electron chi connectivity index (χ2n) is 8.25.